The van der Waals surface area contributed by atoms with Crippen LogP contribution in [0.25, 0.3) is 0 Å². The van der Waals surface area contributed by atoms with Crippen LogP contribution in [-0.2, 0) is 19.4 Å². The maximum atomic E-state index is 11.4. The molecule has 0 aliphatic rings. The number of rotatable bonds is 4. The number of carbonyl (C=O) groups is 1. The Kier molecular flexibility index (Phi) is 4.80. The molecule has 82 valence electrons. The van der Waals surface area contributed by atoms with Gasteiger partial charge in [-0.15, -0.1) is 0 Å². The lowest BCUT2D eigenvalue weighted by Gasteiger charge is -2.15. The van der Waals surface area contributed by atoms with Gasteiger partial charge in [0.2, 0.25) is 5.44 Å². The first-order valence-corrected chi connectivity index (χ1v) is 6.45. The number of ether oxygens (including phenoxy) is 1. The zero-order chi connectivity index (χ0) is 11.5. The van der Waals surface area contributed by atoms with Crippen molar-refractivity contribution in [1.82, 2.24) is 0 Å². The molecule has 0 saturated heterocycles. The zero-order valence-corrected chi connectivity index (χ0v) is 10.7. The predicted molar refractivity (Wildman–Crippen MR) is 57.7 cm³/mol. The third kappa shape index (κ3) is 3.42. The Balaban J connectivity index is 4.59. The molecule has 0 amide bonds. The van der Waals surface area contributed by atoms with Crippen LogP contribution in [0.4, 0.5) is 0 Å². The predicted octanol–water partition coefficient (Wildman–Crippen LogP) is 1.61. The van der Waals surface area contributed by atoms with E-state index in [9.17, 15) is 13.2 Å². The lowest BCUT2D eigenvalue weighted by molar-refractivity contribution is -0.140. The normalized spacial score (nSPS) is 15.7. The number of sulfone groups is 1. The van der Waals surface area contributed by atoms with Gasteiger partial charge in [-0.3, -0.25) is 0 Å². The quantitative estimate of drug-likeness (QED) is 0.447. The molecule has 0 aliphatic heterocycles. The Morgan fingerprint density at radius 2 is 1.86 bits per heavy atom. The van der Waals surface area contributed by atoms with E-state index in [2.05, 4.69) is 27.2 Å². The van der Waals surface area contributed by atoms with Crippen LogP contribution in [0.3, 0.4) is 0 Å². The van der Waals surface area contributed by atoms with Gasteiger partial charge in [0.1, 0.15) is 4.16 Å². The molecule has 0 fully saturated rings. The number of esters is 1. The fourth-order valence-corrected chi connectivity index (χ4v) is 2.24. The highest BCUT2D eigenvalue weighted by molar-refractivity contribution is 9.11. The second kappa shape index (κ2) is 4.93. The molecule has 0 aromatic rings. The Labute approximate surface area is 92.4 Å². The highest BCUT2D eigenvalue weighted by Gasteiger charge is 2.29. The van der Waals surface area contributed by atoms with Crippen LogP contribution < -0.4 is 0 Å². The molecule has 0 aliphatic carbocycles. The Hall–Kier alpha value is -0.360. The molecule has 4 nitrogen and oxygen atoms in total. The summed E-state index contributed by atoms with van der Waals surface area (Å²) < 4.78 is 26.8. The average Bonchev–Trinajstić information content (AvgIpc) is 2.03. The van der Waals surface area contributed by atoms with Gasteiger partial charge in [-0.05, 0) is 20.8 Å². The zero-order valence-electron chi connectivity index (χ0n) is 8.28. The van der Waals surface area contributed by atoms with Gasteiger partial charge < -0.3 is 4.74 Å². The van der Waals surface area contributed by atoms with Crippen LogP contribution in [-0.4, -0.2) is 24.0 Å². The molecular formula is C8H13BrO4S. The summed E-state index contributed by atoms with van der Waals surface area (Å²) in [5, 5.41) is 0. The smallest absolute Gasteiger partial charge is 0.334 e. The fraction of sp³-hybridized carbons (Fsp3) is 0.625. The van der Waals surface area contributed by atoms with E-state index in [1.807, 2.05) is 0 Å². The number of alkyl halides is 1. The topological polar surface area (TPSA) is 60.4 Å². The van der Waals surface area contributed by atoms with Gasteiger partial charge in [-0.25, -0.2) is 13.2 Å². The second-order valence-corrected chi connectivity index (χ2v) is 7.41. The molecule has 0 spiro atoms. The summed E-state index contributed by atoms with van der Waals surface area (Å²) in [7, 11) is -3.47. The van der Waals surface area contributed by atoms with Crippen LogP contribution in [0.5, 0.6) is 0 Å². The third-order valence-electron chi connectivity index (χ3n) is 1.54. The molecule has 0 radical (unpaired) electrons. The van der Waals surface area contributed by atoms with Crippen LogP contribution in [0, 0.1) is 0 Å². The molecule has 14 heavy (non-hydrogen) atoms. The summed E-state index contributed by atoms with van der Waals surface area (Å²) in [6, 6.07) is 0. The van der Waals surface area contributed by atoms with Gasteiger partial charge in [0.25, 0.3) is 0 Å². The van der Waals surface area contributed by atoms with Crippen molar-refractivity contribution in [3.8, 4) is 0 Å². The molecule has 0 saturated carbocycles. The number of halogens is 1. The van der Waals surface area contributed by atoms with Crippen molar-refractivity contribution in [3.05, 3.63) is 12.2 Å². The lowest BCUT2D eigenvalue weighted by Crippen LogP contribution is -2.29. The Morgan fingerprint density at radius 3 is 2.14 bits per heavy atom. The van der Waals surface area contributed by atoms with E-state index in [1.54, 1.807) is 0 Å². The van der Waals surface area contributed by atoms with Crippen LogP contribution >= 0.6 is 15.9 Å². The van der Waals surface area contributed by atoms with Crippen molar-refractivity contribution in [1.29, 1.82) is 0 Å². The van der Waals surface area contributed by atoms with Gasteiger partial charge in [0, 0.05) is 5.57 Å². The Bertz CT molecular complexity index is 331. The largest absolute Gasteiger partial charge is 0.443 e. The fourth-order valence-electron chi connectivity index (χ4n) is 0.582. The van der Waals surface area contributed by atoms with Crippen molar-refractivity contribution < 1.29 is 17.9 Å². The maximum absolute atomic E-state index is 11.4. The first-order valence-electron chi connectivity index (χ1n) is 3.93. The van der Waals surface area contributed by atoms with E-state index < -0.39 is 25.4 Å². The summed E-state index contributed by atoms with van der Waals surface area (Å²) in [6.07, 6.45) is 0. The van der Waals surface area contributed by atoms with Crippen molar-refractivity contribution in [2.24, 2.45) is 0 Å². The minimum Gasteiger partial charge on any atom is -0.443 e. The summed E-state index contributed by atoms with van der Waals surface area (Å²) in [4.78, 5) is 11.0. The molecule has 2 atom stereocenters. The monoisotopic (exact) mass is 284 g/mol. The van der Waals surface area contributed by atoms with Crippen LogP contribution in [0.2, 0.25) is 0 Å². The third-order valence-corrected chi connectivity index (χ3v) is 5.03. The molecule has 0 bridgehead atoms. The van der Waals surface area contributed by atoms with Crippen LogP contribution in [0.15, 0.2) is 12.2 Å². The highest BCUT2D eigenvalue weighted by atomic mass is 79.9. The SMILES string of the molecule is C=C(C)C(=O)OC(C)S(=O)(=O)C(C)Br. The van der Waals surface area contributed by atoms with E-state index in [4.69, 9.17) is 0 Å². The lowest BCUT2D eigenvalue weighted by atomic mass is 10.4. The van der Waals surface area contributed by atoms with Gasteiger partial charge in [-0.1, -0.05) is 22.5 Å². The van der Waals surface area contributed by atoms with E-state index in [0.29, 0.717) is 0 Å². The minimum absolute atomic E-state index is 0.175. The van der Waals surface area contributed by atoms with Crippen molar-refractivity contribution >= 4 is 31.7 Å². The van der Waals surface area contributed by atoms with Crippen molar-refractivity contribution in [2.45, 2.75) is 30.4 Å². The Morgan fingerprint density at radius 1 is 1.43 bits per heavy atom. The molecule has 0 rings (SSSR count). The summed E-state index contributed by atoms with van der Waals surface area (Å²) in [5.74, 6) is -0.700. The molecule has 6 heteroatoms. The molecule has 0 aromatic carbocycles. The first kappa shape index (κ1) is 13.6. The maximum Gasteiger partial charge on any atom is 0.334 e. The molecule has 0 heterocycles. The minimum atomic E-state index is -3.47. The summed E-state index contributed by atoms with van der Waals surface area (Å²) >= 11 is 2.92. The van der Waals surface area contributed by atoms with Crippen LogP contribution in [0.1, 0.15) is 20.8 Å². The first-order chi connectivity index (χ1) is 6.19. The van der Waals surface area contributed by atoms with E-state index >= 15 is 0 Å². The van der Waals surface area contributed by atoms with E-state index in [1.165, 1.54) is 20.8 Å². The molecule has 0 N–H and O–H groups in total. The average molecular weight is 285 g/mol. The summed E-state index contributed by atoms with van der Waals surface area (Å²) in [5.41, 5.74) is -0.990. The van der Waals surface area contributed by atoms with Gasteiger partial charge in [-0.2, -0.15) is 0 Å². The van der Waals surface area contributed by atoms with Gasteiger partial charge in [0.05, 0.1) is 0 Å². The second-order valence-electron chi connectivity index (χ2n) is 2.89. The van der Waals surface area contributed by atoms with Crippen molar-refractivity contribution in [2.75, 3.05) is 0 Å². The van der Waals surface area contributed by atoms with Crippen molar-refractivity contribution in [3.63, 3.8) is 0 Å². The highest BCUT2D eigenvalue weighted by Crippen LogP contribution is 2.16. The number of hydrogen-bond acceptors (Lipinski definition) is 4. The number of hydrogen-bond donors (Lipinski definition) is 0. The summed E-state index contributed by atoms with van der Waals surface area (Å²) in [6.45, 7) is 7.58. The van der Waals surface area contributed by atoms with E-state index in [-0.39, 0.29) is 5.57 Å². The van der Waals surface area contributed by atoms with E-state index in [0.717, 1.165) is 0 Å². The molecular weight excluding hydrogens is 272 g/mol. The standard InChI is InChI=1S/C8H13BrO4S/c1-5(2)8(10)13-7(4)14(11,12)6(3)9/h6-7H,1H2,2-4H3. The van der Waals surface area contributed by atoms with Gasteiger partial charge >= 0.3 is 5.97 Å². The molecule has 0 aromatic heterocycles. The van der Waals surface area contributed by atoms with Gasteiger partial charge in [0.15, 0.2) is 9.84 Å². The molecule has 2 unspecified atom stereocenters. The number of carbonyl (C=O) groups excluding carboxylic acids is 1.